The van der Waals surface area contributed by atoms with Crippen molar-refractivity contribution in [1.29, 1.82) is 0 Å². The van der Waals surface area contributed by atoms with Crippen molar-refractivity contribution >= 4 is 27.7 Å². The monoisotopic (exact) mass is 411 g/mol. The summed E-state index contributed by atoms with van der Waals surface area (Å²) in [7, 11) is 1.35. The second-order valence-electron chi connectivity index (χ2n) is 6.93. The number of aliphatic hydroxyl groups is 1. The van der Waals surface area contributed by atoms with Gasteiger partial charge in [-0.15, -0.1) is 0 Å². The quantitative estimate of drug-likeness (QED) is 0.741. The van der Waals surface area contributed by atoms with Crippen LogP contribution in [0.4, 0.5) is 5.82 Å². The normalized spacial score (nSPS) is 25.0. The first-order valence-electron chi connectivity index (χ1n) is 9.01. The molecule has 0 amide bonds. The molecule has 1 saturated heterocycles. The van der Waals surface area contributed by atoms with Crippen LogP contribution >= 0.6 is 15.9 Å². The number of pyridine rings is 1. The first kappa shape index (κ1) is 18.6. The number of aliphatic hydroxyl groups excluding tert-OH is 1. The van der Waals surface area contributed by atoms with Crippen molar-refractivity contribution in [3.63, 3.8) is 0 Å². The number of hydrogen-bond acceptors (Lipinski definition) is 6. The smallest absolute Gasteiger partial charge is 0.339 e. The lowest BCUT2D eigenvalue weighted by molar-refractivity contribution is 0.0600. The molecule has 0 spiro atoms. The molecule has 2 atom stereocenters. The average molecular weight is 412 g/mol. The molecule has 25 heavy (non-hydrogen) atoms. The molecule has 3 rings (SSSR count). The molecule has 2 fully saturated rings. The van der Waals surface area contributed by atoms with Crippen LogP contribution in [0, 0.1) is 0 Å². The van der Waals surface area contributed by atoms with Crippen molar-refractivity contribution in [3.8, 4) is 0 Å². The SMILES string of the molecule is COC(=O)c1cnc(N2CC[C@@H](NC3CCCCC3)[C@H](O)C2)c(Br)c1. The number of methoxy groups -OCH3 is 1. The third-order valence-electron chi connectivity index (χ3n) is 5.18. The van der Waals surface area contributed by atoms with Gasteiger partial charge in [0.05, 0.1) is 23.2 Å². The van der Waals surface area contributed by atoms with Gasteiger partial charge in [-0.1, -0.05) is 19.3 Å². The minimum atomic E-state index is -0.426. The van der Waals surface area contributed by atoms with Crippen LogP contribution in [0.15, 0.2) is 16.7 Å². The Hall–Kier alpha value is -1.18. The van der Waals surface area contributed by atoms with Gasteiger partial charge in [-0.3, -0.25) is 0 Å². The number of nitrogens with one attached hydrogen (secondary N) is 1. The molecular formula is C18H26BrN3O3. The van der Waals surface area contributed by atoms with Gasteiger partial charge in [0.15, 0.2) is 0 Å². The molecule has 1 aliphatic heterocycles. The van der Waals surface area contributed by atoms with Gasteiger partial charge in [0.25, 0.3) is 0 Å². The molecule has 1 aromatic heterocycles. The van der Waals surface area contributed by atoms with E-state index in [1.165, 1.54) is 45.4 Å². The summed E-state index contributed by atoms with van der Waals surface area (Å²) in [6.45, 7) is 1.36. The highest BCUT2D eigenvalue weighted by atomic mass is 79.9. The Labute approximate surface area is 157 Å². The van der Waals surface area contributed by atoms with Crippen LogP contribution in [-0.2, 0) is 4.74 Å². The third-order valence-corrected chi connectivity index (χ3v) is 5.76. The number of carbonyl (C=O) groups excluding carboxylic acids is 1. The van der Waals surface area contributed by atoms with Crippen LogP contribution in [-0.4, -0.2) is 54.4 Å². The van der Waals surface area contributed by atoms with Gasteiger partial charge in [-0.25, -0.2) is 9.78 Å². The summed E-state index contributed by atoms with van der Waals surface area (Å²) in [4.78, 5) is 18.0. The van der Waals surface area contributed by atoms with E-state index in [0.717, 1.165) is 23.3 Å². The molecule has 0 radical (unpaired) electrons. The molecule has 1 saturated carbocycles. The molecular weight excluding hydrogens is 386 g/mol. The lowest BCUT2D eigenvalue weighted by Crippen LogP contribution is -2.55. The minimum absolute atomic E-state index is 0.146. The first-order valence-corrected chi connectivity index (χ1v) is 9.80. The molecule has 2 N–H and O–H groups in total. The number of nitrogens with zero attached hydrogens (tertiary/aromatic N) is 2. The number of rotatable bonds is 4. The molecule has 1 aromatic rings. The van der Waals surface area contributed by atoms with Gasteiger partial charge >= 0.3 is 5.97 Å². The summed E-state index contributed by atoms with van der Waals surface area (Å²) in [5.41, 5.74) is 0.410. The topological polar surface area (TPSA) is 74.7 Å². The van der Waals surface area contributed by atoms with Crippen molar-refractivity contribution in [3.05, 3.63) is 22.3 Å². The molecule has 0 aromatic carbocycles. The maximum absolute atomic E-state index is 11.6. The summed E-state index contributed by atoms with van der Waals surface area (Å²) < 4.78 is 5.46. The van der Waals surface area contributed by atoms with Crippen LogP contribution in [0.3, 0.4) is 0 Å². The Morgan fingerprint density at radius 3 is 2.76 bits per heavy atom. The lowest BCUT2D eigenvalue weighted by Gasteiger charge is -2.39. The molecule has 1 aliphatic carbocycles. The Balaban J connectivity index is 1.61. The van der Waals surface area contributed by atoms with Crippen LogP contribution in [0.1, 0.15) is 48.9 Å². The lowest BCUT2D eigenvalue weighted by atomic mass is 9.93. The van der Waals surface area contributed by atoms with Crippen molar-refractivity contribution in [2.24, 2.45) is 0 Å². The first-order chi connectivity index (χ1) is 12.1. The van der Waals surface area contributed by atoms with Crippen LogP contribution < -0.4 is 10.2 Å². The number of ether oxygens (including phenoxy) is 1. The average Bonchev–Trinajstić information content (AvgIpc) is 2.63. The minimum Gasteiger partial charge on any atom is -0.465 e. The maximum Gasteiger partial charge on any atom is 0.339 e. The summed E-state index contributed by atoms with van der Waals surface area (Å²) in [6.07, 6.45) is 8.32. The number of β-amino-alcohol motifs (C(OH)–C–C–N with tert-alkyl or cyclic N) is 1. The summed E-state index contributed by atoms with van der Waals surface area (Å²) in [6, 6.07) is 2.41. The van der Waals surface area contributed by atoms with E-state index >= 15 is 0 Å². The Bertz CT molecular complexity index is 607. The fourth-order valence-corrected chi connectivity index (χ4v) is 4.38. The van der Waals surface area contributed by atoms with Gasteiger partial charge < -0.3 is 20.1 Å². The predicted molar refractivity (Wildman–Crippen MR) is 99.9 cm³/mol. The number of hydrogen-bond donors (Lipinski definition) is 2. The van der Waals surface area contributed by atoms with Gasteiger partial charge in [0, 0.05) is 31.4 Å². The van der Waals surface area contributed by atoms with Gasteiger partial charge in [0.2, 0.25) is 0 Å². The summed E-state index contributed by atoms with van der Waals surface area (Å²) in [5.74, 6) is 0.345. The molecule has 2 aliphatic rings. The molecule has 138 valence electrons. The highest BCUT2D eigenvalue weighted by Crippen LogP contribution is 2.28. The van der Waals surface area contributed by atoms with Crippen LogP contribution in [0.2, 0.25) is 0 Å². The van der Waals surface area contributed by atoms with E-state index in [0.29, 0.717) is 18.2 Å². The number of carbonyl (C=O) groups is 1. The summed E-state index contributed by atoms with van der Waals surface area (Å²) >= 11 is 3.49. The van der Waals surface area contributed by atoms with Crippen molar-refractivity contribution in [2.75, 3.05) is 25.1 Å². The number of piperidine rings is 1. The molecule has 6 nitrogen and oxygen atoms in total. The van der Waals surface area contributed by atoms with Gasteiger partial charge in [0.1, 0.15) is 5.82 Å². The Morgan fingerprint density at radius 1 is 1.36 bits per heavy atom. The Kier molecular flexibility index (Phi) is 6.30. The third kappa shape index (κ3) is 4.51. The number of halogens is 1. The van der Waals surface area contributed by atoms with Crippen LogP contribution in [0.25, 0.3) is 0 Å². The largest absolute Gasteiger partial charge is 0.465 e. The highest BCUT2D eigenvalue weighted by Gasteiger charge is 2.31. The zero-order valence-electron chi connectivity index (χ0n) is 14.6. The number of esters is 1. The summed E-state index contributed by atoms with van der Waals surface area (Å²) in [5, 5.41) is 14.2. The fraction of sp³-hybridized carbons (Fsp3) is 0.667. The van der Waals surface area contributed by atoms with Crippen molar-refractivity contribution in [2.45, 2.75) is 56.7 Å². The molecule has 0 bridgehead atoms. The second-order valence-corrected chi connectivity index (χ2v) is 7.79. The van der Waals surface area contributed by atoms with Gasteiger partial charge in [-0.2, -0.15) is 0 Å². The van der Waals surface area contributed by atoms with Crippen molar-refractivity contribution < 1.29 is 14.6 Å². The number of anilines is 1. The van der Waals surface area contributed by atoms with Gasteiger partial charge in [-0.05, 0) is 41.3 Å². The molecule has 0 unspecified atom stereocenters. The van der Waals surface area contributed by atoms with E-state index in [2.05, 4.69) is 31.1 Å². The van der Waals surface area contributed by atoms with Crippen molar-refractivity contribution in [1.82, 2.24) is 10.3 Å². The zero-order valence-corrected chi connectivity index (χ0v) is 16.2. The standard InChI is InChI=1S/C18H26BrN3O3/c1-25-18(24)12-9-14(19)17(20-10-12)22-8-7-15(16(23)11-22)21-13-5-3-2-4-6-13/h9-10,13,15-16,21,23H,2-8,11H2,1H3/t15-,16-/m1/s1. The van der Waals surface area contributed by atoms with E-state index in [9.17, 15) is 9.90 Å². The van der Waals surface area contributed by atoms with E-state index in [1.54, 1.807) is 6.07 Å². The van der Waals surface area contributed by atoms with Crippen LogP contribution in [0.5, 0.6) is 0 Å². The fourth-order valence-electron chi connectivity index (χ4n) is 3.78. The number of aromatic nitrogens is 1. The van der Waals surface area contributed by atoms with E-state index < -0.39 is 12.1 Å². The van der Waals surface area contributed by atoms with E-state index in [-0.39, 0.29) is 6.04 Å². The van der Waals surface area contributed by atoms with E-state index in [1.807, 2.05) is 0 Å². The van der Waals surface area contributed by atoms with E-state index in [4.69, 9.17) is 4.74 Å². The molecule has 7 heteroatoms. The zero-order chi connectivity index (χ0) is 17.8. The highest BCUT2D eigenvalue weighted by molar-refractivity contribution is 9.10. The maximum atomic E-state index is 11.6. The molecule has 2 heterocycles. The second kappa shape index (κ2) is 8.47. The Morgan fingerprint density at radius 2 is 2.12 bits per heavy atom. The predicted octanol–water partition coefficient (Wildman–Crippen LogP) is 2.49.